The third-order valence-corrected chi connectivity index (χ3v) is 1.34. The first kappa shape index (κ1) is 7.02. The van der Waals surface area contributed by atoms with Crippen LogP contribution in [0, 0.1) is 6.92 Å². The summed E-state index contributed by atoms with van der Waals surface area (Å²) < 4.78 is 0. The highest BCUT2D eigenvalue weighted by molar-refractivity contribution is 5.16. The van der Waals surface area contributed by atoms with E-state index in [1.54, 1.807) is 12.3 Å². The van der Waals surface area contributed by atoms with Crippen LogP contribution in [0.15, 0.2) is 17.1 Å². The largest absolute Gasteiger partial charge is 0.329 e. The van der Waals surface area contributed by atoms with Crippen molar-refractivity contribution in [2.45, 2.75) is 13.5 Å². The van der Waals surface area contributed by atoms with E-state index in [1.807, 2.05) is 6.92 Å². The van der Waals surface area contributed by atoms with Crippen LogP contribution in [-0.4, -0.2) is 4.98 Å². The lowest BCUT2D eigenvalue weighted by Crippen LogP contribution is -2.15. The SMILES string of the molecule is Cc1c[nH]c(=O)c(CN)c1. The summed E-state index contributed by atoms with van der Waals surface area (Å²) in [5.74, 6) is 0. The molecule has 0 radical (unpaired) electrons. The number of rotatable bonds is 1. The molecule has 1 aromatic rings. The fraction of sp³-hybridized carbons (Fsp3) is 0.286. The Morgan fingerprint density at radius 1 is 1.70 bits per heavy atom. The molecule has 3 heteroatoms. The summed E-state index contributed by atoms with van der Waals surface area (Å²) in [6, 6.07) is 1.79. The lowest BCUT2D eigenvalue weighted by atomic mass is 10.2. The summed E-state index contributed by atoms with van der Waals surface area (Å²) >= 11 is 0. The Morgan fingerprint density at radius 3 is 2.90 bits per heavy atom. The van der Waals surface area contributed by atoms with Gasteiger partial charge in [-0.25, -0.2) is 0 Å². The Morgan fingerprint density at radius 2 is 2.40 bits per heavy atom. The van der Waals surface area contributed by atoms with Crippen LogP contribution < -0.4 is 11.3 Å². The van der Waals surface area contributed by atoms with Crippen molar-refractivity contribution in [3.05, 3.63) is 33.7 Å². The lowest BCUT2D eigenvalue weighted by Gasteiger charge is -1.95. The summed E-state index contributed by atoms with van der Waals surface area (Å²) in [5, 5.41) is 0. The number of aromatic amines is 1. The average molecular weight is 138 g/mol. The summed E-state index contributed by atoms with van der Waals surface area (Å²) in [7, 11) is 0. The zero-order chi connectivity index (χ0) is 7.56. The van der Waals surface area contributed by atoms with E-state index in [1.165, 1.54) is 0 Å². The van der Waals surface area contributed by atoms with Crippen LogP contribution in [0.25, 0.3) is 0 Å². The van der Waals surface area contributed by atoms with Crippen molar-refractivity contribution in [1.29, 1.82) is 0 Å². The number of hydrogen-bond acceptors (Lipinski definition) is 2. The van der Waals surface area contributed by atoms with Gasteiger partial charge in [-0.3, -0.25) is 4.79 Å². The molecular weight excluding hydrogens is 128 g/mol. The van der Waals surface area contributed by atoms with Crippen LogP contribution in [0.2, 0.25) is 0 Å². The third kappa shape index (κ3) is 1.25. The third-order valence-electron chi connectivity index (χ3n) is 1.34. The van der Waals surface area contributed by atoms with Crippen molar-refractivity contribution in [3.8, 4) is 0 Å². The Hall–Kier alpha value is -1.09. The molecule has 0 saturated carbocycles. The predicted molar refractivity (Wildman–Crippen MR) is 39.7 cm³/mol. The molecule has 3 nitrogen and oxygen atoms in total. The van der Waals surface area contributed by atoms with E-state index in [9.17, 15) is 4.79 Å². The number of aryl methyl sites for hydroxylation is 1. The zero-order valence-electron chi connectivity index (χ0n) is 5.85. The first-order chi connectivity index (χ1) is 4.74. The molecule has 0 atom stereocenters. The Balaban J connectivity index is 3.22. The first-order valence-electron chi connectivity index (χ1n) is 3.12. The molecule has 0 amide bonds. The van der Waals surface area contributed by atoms with Gasteiger partial charge in [0, 0.05) is 18.3 Å². The van der Waals surface area contributed by atoms with E-state index in [0.717, 1.165) is 5.56 Å². The maximum atomic E-state index is 10.9. The van der Waals surface area contributed by atoms with Crippen LogP contribution in [0.4, 0.5) is 0 Å². The van der Waals surface area contributed by atoms with Gasteiger partial charge in [-0.05, 0) is 18.6 Å². The van der Waals surface area contributed by atoms with Gasteiger partial charge in [0.1, 0.15) is 0 Å². The normalized spacial score (nSPS) is 9.80. The molecule has 0 unspecified atom stereocenters. The van der Waals surface area contributed by atoms with Crippen LogP contribution >= 0.6 is 0 Å². The number of nitrogens with two attached hydrogens (primary N) is 1. The summed E-state index contributed by atoms with van der Waals surface area (Å²) in [5.41, 5.74) is 6.88. The quantitative estimate of drug-likeness (QED) is 0.580. The van der Waals surface area contributed by atoms with Gasteiger partial charge in [0.25, 0.3) is 5.56 Å². The minimum atomic E-state index is -0.0897. The van der Waals surface area contributed by atoms with E-state index >= 15 is 0 Å². The molecule has 10 heavy (non-hydrogen) atoms. The maximum Gasteiger partial charge on any atom is 0.252 e. The van der Waals surface area contributed by atoms with Gasteiger partial charge in [0.15, 0.2) is 0 Å². The van der Waals surface area contributed by atoms with E-state index in [0.29, 0.717) is 12.1 Å². The van der Waals surface area contributed by atoms with E-state index in [4.69, 9.17) is 5.73 Å². The highest BCUT2D eigenvalue weighted by atomic mass is 16.1. The molecule has 54 valence electrons. The Bertz CT molecular complexity index is 277. The minimum Gasteiger partial charge on any atom is -0.329 e. The van der Waals surface area contributed by atoms with Crippen molar-refractivity contribution >= 4 is 0 Å². The highest BCUT2D eigenvalue weighted by Crippen LogP contribution is 1.93. The molecule has 0 aromatic carbocycles. The lowest BCUT2D eigenvalue weighted by molar-refractivity contribution is 1.01. The van der Waals surface area contributed by atoms with Crippen LogP contribution in [0.1, 0.15) is 11.1 Å². The van der Waals surface area contributed by atoms with Crippen LogP contribution in [0.5, 0.6) is 0 Å². The van der Waals surface area contributed by atoms with Gasteiger partial charge in [-0.1, -0.05) is 0 Å². The molecule has 3 N–H and O–H groups in total. The summed E-state index contributed by atoms with van der Waals surface area (Å²) in [6.07, 6.45) is 1.67. The van der Waals surface area contributed by atoms with Crippen molar-refractivity contribution in [2.24, 2.45) is 5.73 Å². The number of aromatic nitrogens is 1. The second-order valence-electron chi connectivity index (χ2n) is 2.24. The minimum absolute atomic E-state index is 0.0897. The number of pyridine rings is 1. The van der Waals surface area contributed by atoms with Gasteiger partial charge in [-0.15, -0.1) is 0 Å². The average Bonchev–Trinajstić information content (AvgIpc) is 1.94. The molecule has 1 heterocycles. The summed E-state index contributed by atoms with van der Waals surface area (Å²) in [6.45, 7) is 2.21. The Kier molecular flexibility index (Phi) is 1.87. The highest BCUT2D eigenvalue weighted by Gasteiger charge is 1.94. The molecule has 0 fully saturated rings. The van der Waals surface area contributed by atoms with Gasteiger partial charge in [0.2, 0.25) is 0 Å². The van der Waals surface area contributed by atoms with Crippen LogP contribution in [-0.2, 0) is 6.54 Å². The maximum absolute atomic E-state index is 10.9. The molecule has 1 aromatic heterocycles. The van der Waals surface area contributed by atoms with Gasteiger partial charge >= 0.3 is 0 Å². The fourth-order valence-electron chi connectivity index (χ4n) is 0.806. The molecule has 1 rings (SSSR count). The molecular formula is C7H10N2O. The Labute approximate surface area is 58.9 Å². The first-order valence-corrected chi connectivity index (χ1v) is 3.12. The number of nitrogens with one attached hydrogen (secondary N) is 1. The molecule has 0 bridgehead atoms. The van der Waals surface area contributed by atoms with E-state index in [-0.39, 0.29) is 5.56 Å². The second kappa shape index (κ2) is 2.66. The standard InChI is InChI=1S/C7H10N2O/c1-5-2-6(3-8)7(10)9-4-5/h2,4H,3,8H2,1H3,(H,9,10). The molecule has 0 aliphatic carbocycles. The van der Waals surface area contributed by atoms with Crippen molar-refractivity contribution in [1.82, 2.24) is 4.98 Å². The van der Waals surface area contributed by atoms with Crippen LogP contribution in [0.3, 0.4) is 0 Å². The molecule has 0 spiro atoms. The zero-order valence-corrected chi connectivity index (χ0v) is 5.85. The van der Waals surface area contributed by atoms with Crippen molar-refractivity contribution in [3.63, 3.8) is 0 Å². The fourth-order valence-corrected chi connectivity index (χ4v) is 0.806. The summed E-state index contributed by atoms with van der Waals surface area (Å²) in [4.78, 5) is 13.5. The molecule has 0 aliphatic rings. The molecule has 0 aliphatic heterocycles. The predicted octanol–water partition coefficient (Wildman–Crippen LogP) is 0.142. The van der Waals surface area contributed by atoms with Gasteiger partial charge < -0.3 is 10.7 Å². The monoisotopic (exact) mass is 138 g/mol. The second-order valence-corrected chi connectivity index (χ2v) is 2.24. The van der Waals surface area contributed by atoms with E-state index < -0.39 is 0 Å². The van der Waals surface area contributed by atoms with Crippen molar-refractivity contribution < 1.29 is 0 Å². The number of hydrogen-bond donors (Lipinski definition) is 2. The van der Waals surface area contributed by atoms with Gasteiger partial charge in [0.05, 0.1) is 0 Å². The van der Waals surface area contributed by atoms with E-state index in [2.05, 4.69) is 4.98 Å². The smallest absolute Gasteiger partial charge is 0.252 e. The van der Waals surface area contributed by atoms with Crippen molar-refractivity contribution in [2.75, 3.05) is 0 Å². The van der Waals surface area contributed by atoms with Gasteiger partial charge in [-0.2, -0.15) is 0 Å². The number of H-pyrrole nitrogens is 1. The molecule has 0 saturated heterocycles. The topological polar surface area (TPSA) is 58.9 Å².